The minimum atomic E-state index is 0.762. The van der Waals surface area contributed by atoms with Gasteiger partial charge in [0.15, 0.2) is 0 Å². The highest BCUT2D eigenvalue weighted by Crippen LogP contribution is 2.10. The summed E-state index contributed by atoms with van der Waals surface area (Å²) in [6.07, 6.45) is 5.52. The Morgan fingerprint density at radius 1 is 1.54 bits per heavy atom. The molecule has 0 aliphatic heterocycles. The molecule has 0 aromatic carbocycles. The Balaban J connectivity index is 1.93. The predicted molar refractivity (Wildman–Crippen MR) is 50.4 cm³/mol. The van der Waals surface area contributed by atoms with Gasteiger partial charge in [-0.05, 0) is 0 Å². The summed E-state index contributed by atoms with van der Waals surface area (Å²) in [4.78, 5) is 0. The Morgan fingerprint density at radius 2 is 2.46 bits per heavy atom. The van der Waals surface area contributed by atoms with Crippen LogP contribution in [0.2, 0.25) is 0 Å². The van der Waals surface area contributed by atoms with Crippen molar-refractivity contribution in [3.8, 4) is 0 Å². The van der Waals surface area contributed by atoms with E-state index < -0.39 is 0 Å². The van der Waals surface area contributed by atoms with E-state index in [0.29, 0.717) is 0 Å². The van der Waals surface area contributed by atoms with Gasteiger partial charge in [0, 0.05) is 36.9 Å². The van der Waals surface area contributed by atoms with Crippen molar-refractivity contribution in [1.29, 1.82) is 0 Å². The molecule has 0 unspecified atom stereocenters. The minimum absolute atomic E-state index is 0.762. The number of nitrogens with one attached hydrogen (secondary N) is 1. The second kappa shape index (κ2) is 3.53. The van der Waals surface area contributed by atoms with Crippen molar-refractivity contribution in [2.75, 3.05) is 5.32 Å². The van der Waals surface area contributed by atoms with Gasteiger partial charge in [0.2, 0.25) is 0 Å². The van der Waals surface area contributed by atoms with Crippen LogP contribution in [0.25, 0.3) is 0 Å². The van der Waals surface area contributed by atoms with Gasteiger partial charge in [-0.25, -0.2) is 0 Å². The Kier molecular flexibility index (Phi) is 2.22. The first-order valence-electron chi connectivity index (χ1n) is 3.83. The van der Waals surface area contributed by atoms with Gasteiger partial charge in [-0.15, -0.1) is 5.10 Å². The summed E-state index contributed by atoms with van der Waals surface area (Å²) in [5.41, 5.74) is 1.15. The van der Waals surface area contributed by atoms with Gasteiger partial charge in [0.25, 0.3) is 0 Å². The predicted octanol–water partition coefficient (Wildman–Crippen LogP) is 0.884. The topological polar surface area (TPSA) is 55.6 Å². The minimum Gasteiger partial charge on any atom is -0.370 e. The maximum atomic E-state index is 4.07. The van der Waals surface area contributed by atoms with E-state index in [2.05, 4.69) is 20.0 Å². The van der Waals surface area contributed by atoms with E-state index in [1.54, 1.807) is 10.9 Å². The smallest absolute Gasteiger partial charge is 0.130 e. The highest BCUT2D eigenvalue weighted by molar-refractivity contribution is 7.09. The average Bonchev–Trinajstić information content (AvgIpc) is 2.71. The molecule has 2 aromatic heterocycles. The Hall–Kier alpha value is -1.43. The van der Waals surface area contributed by atoms with Crippen LogP contribution in [0, 0.1) is 0 Å². The van der Waals surface area contributed by atoms with E-state index in [4.69, 9.17) is 0 Å². The summed E-state index contributed by atoms with van der Waals surface area (Å²) in [6, 6.07) is 0. The van der Waals surface area contributed by atoms with Gasteiger partial charge < -0.3 is 5.32 Å². The van der Waals surface area contributed by atoms with Crippen LogP contribution in [-0.4, -0.2) is 19.4 Å². The number of hydrogen-bond donors (Lipinski definition) is 1. The van der Waals surface area contributed by atoms with E-state index in [1.165, 1.54) is 11.5 Å². The first kappa shape index (κ1) is 8.18. The lowest BCUT2D eigenvalue weighted by Gasteiger charge is -1.97. The molecule has 0 fully saturated rings. The molecule has 0 aliphatic carbocycles. The molecule has 6 heteroatoms. The SMILES string of the molecule is Cn1cc(CNc2cnns2)cn1. The largest absolute Gasteiger partial charge is 0.370 e. The molecule has 1 N–H and O–H groups in total. The van der Waals surface area contributed by atoms with Crippen LogP contribution in [-0.2, 0) is 13.6 Å². The van der Waals surface area contributed by atoms with Crippen LogP contribution >= 0.6 is 11.5 Å². The van der Waals surface area contributed by atoms with E-state index in [-0.39, 0.29) is 0 Å². The number of anilines is 1. The molecular weight excluding hydrogens is 186 g/mol. The first-order valence-corrected chi connectivity index (χ1v) is 4.61. The molecule has 0 saturated heterocycles. The average molecular weight is 195 g/mol. The molecule has 5 nitrogen and oxygen atoms in total. The molecule has 0 radical (unpaired) electrons. The maximum absolute atomic E-state index is 4.07. The molecule has 0 bridgehead atoms. The molecule has 2 rings (SSSR count). The van der Waals surface area contributed by atoms with Gasteiger partial charge in [-0.1, -0.05) is 4.49 Å². The third kappa shape index (κ3) is 2.03. The van der Waals surface area contributed by atoms with Crippen molar-refractivity contribution in [1.82, 2.24) is 19.4 Å². The zero-order valence-electron chi connectivity index (χ0n) is 7.14. The van der Waals surface area contributed by atoms with E-state index >= 15 is 0 Å². The fraction of sp³-hybridized carbons (Fsp3) is 0.286. The Labute approximate surface area is 79.6 Å². The van der Waals surface area contributed by atoms with E-state index in [0.717, 1.165) is 17.1 Å². The zero-order chi connectivity index (χ0) is 9.10. The van der Waals surface area contributed by atoms with E-state index in [1.807, 2.05) is 19.4 Å². The third-order valence-electron chi connectivity index (χ3n) is 1.59. The summed E-state index contributed by atoms with van der Waals surface area (Å²) in [6.45, 7) is 0.762. The Morgan fingerprint density at radius 3 is 3.08 bits per heavy atom. The molecule has 68 valence electrons. The summed E-state index contributed by atoms with van der Waals surface area (Å²) in [5, 5.41) is 12.0. The van der Waals surface area contributed by atoms with Gasteiger partial charge >= 0.3 is 0 Å². The molecule has 2 heterocycles. The molecule has 13 heavy (non-hydrogen) atoms. The monoisotopic (exact) mass is 195 g/mol. The third-order valence-corrected chi connectivity index (χ3v) is 2.21. The zero-order valence-corrected chi connectivity index (χ0v) is 7.95. The molecule has 0 atom stereocenters. The molecular formula is C7H9N5S. The van der Waals surface area contributed by atoms with Gasteiger partial charge in [0.05, 0.1) is 12.4 Å². The van der Waals surface area contributed by atoms with Crippen molar-refractivity contribution < 1.29 is 0 Å². The van der Waals surface area contributed by atoms with Crippen LogP contribution in [0.5, 0.6) is 0 Å². The fourth-order valence-corrected chi connectivity index (χ4v) is 1.41. The molecule has 0 saturated carbocycles. The normalized spacial score (nSPS) is 10.2. The molecule has 2 aromatic rings. The molecule has 0 spiro atoms. The van der Waals surface area contributed by atoms with E-state index in [9.17, 15) is 0 Å². The Bertz CT molecular complexity index is 366. The molecule has 0 aliphatic rings. The van der Waals surface area contributed by atoms with Gasteiger partial charge in [0.1, 0.15) is 5.00 Å². The van der Waals surface area contributed by atoms with Crippen LogP contribution in [0.15, 0.2) is 18.6 Å². The van der Waals surface area contributed by atoms with Crippen molar-refractivity contribution in [2.45, 2.75) is 6.54 Å². The second-order valence-electron chi connectivity index (χ2n) is 2.66. The van der Waals surface area contributed by atoms with Gasteiger partial charge in [-0.2, -0.15) is 5.10 Å². The van der Waals surface area contributed by atoms with Crippen LogP contribution in [0.1, 0.15) is 5.56 Å². The fourth-order valence-electron chi connectivity index (χ4n) is 0.997. The van der Waals surface area contributed by atoms with Crippen molar-refractivity contribution in [3.05, 3.63) is 24.2 Å². The summed E-state index contributed by atoms with van der Waals surface area (Å²) in [7, 11) is 1.90. The number of nitrogens with zero attached hydrogens (tertiary/aromatic N) is 4. The van der Waals surface area contributed by atoms with Crippen molar-refractivity contribution >= 4 is 16.5 Å². The summed E-state index contributed by atoms with van der Waals surface area (Å²) >= 11 is 1.35. The second-order valence-corrected chi connectivity index (χ2v) is 3.44. The summed E-state index contributed by atoms with van der Waals surface area (Å²) < 4.78 is 5.53. The number of hydrogen-bond acceptors (Lipinski definition) is 5. The number of aromatic nitrogens is 4. The van der Waals surface area contributed by atoms with Crippen molar-refractivity contribution in [3.63, 3.8) is 0 Å². The summed E-state index contributed by atoms with van der Waals surface area (Å²) in [5.74, 6) is 0. The lowest BCUT2D eigenvalue weighted by atomic mass is 10.4. The van der Waals surface area contributed by atoms with Crippen molar-refractivity contribution in [2.24, 2.45) is 7.05 Å². The highest BCUT2D eigenvalue weighted by Gasteiger charge is 1.97. The van der Waals surface area contributed by atoms with Gasteiger partial charge in [-0.3, -0.25) is 4.68 Å². The first-order chi connectivity index (χ1) is 6.34. The van der Waals surface area contributed by atoms with Crippen LogP contribution < -0.4 is 5.32 Å². The van der Waals surface area contributed by atoms with Crippen LogP contribution in [0.4, 0.5) is 5.00 Å². The lowest BCUT2D eigenvalue weighted by molar-refractivity contribution is 0.767. The lowest BCUT2D eigenvalue weighted by Crippen LogP contribution is -1.95. The van der Waals surface area contributed by atoms with Crippen LogP contribution in [0.3, 0.4) is 0 Å². The maximum Gasteiger partial charge on any atom is 0.130 e. The molecule has 0 amide bonds. The number of rotatable bonds is 3. The number of aryl methyl sites for hydroxylation is 1. The standard InChI is InChI=1S/C7H9N5S/c1-12-5-6(3-10-12)2-8-7-4-9-11-13-7/h3-5,8H,2H2,1H3. The quantitative estimate of drug-likeness (QED) is 0.790. The highest BCUT2D eigenvalue weighted by atomic mass is 32.1.